The van der Waals surface area contributed by atoms with Crippen LogP contribution in [0.3, 0.4) is 0 Å². The van der Waals surface area contributed by atoms with E-state index in [1.165, 1.54) is 51.6 Å². The van der Waals surface area contributed by atoms with Crippen LogP contribution < -0.4 is 0 Å². The van der Waals surface area contributed by atoms with Crippen LogP contribution in [0.5, 0.6) is 0 Å². The van der Waals surface area contributed by atoms with Crippen LogP contribution in [0.25, 0.3) is 0 Å². The van der Waals surface area contributed by atoms with Gasteiger partial charge in [-0.2, -0.15) is 0 Å². The number of unbranched alkanes of at least 4 members (excludes halogenated alkanes) is 4. The lowest BCUT2D eigenvalue weighted by Crippen LogP contribution is -2.19. The molecule has 0 aliphatic heterocycles. The Morgan fingerprint density at radius 2 is 1.36 bits per heavy atom. The van der Waals surface area contributed by atoms with E-state index in [0.717, 1.165) is 0 Å². The molecular formula is C13H27N. The van der Waals surface area contributed by atoms with Gasteiger partial charge in [0.05, 0.1) is 0 Å². The van der Waals surface area contributed by atoms with Crippen molar-refractivity contribution in [3.63, 3.8) is 0 Å². The van der Waals surface area contributed by atoms with Gasteiger partial charge in [0, 0.05) is 13.1 Å². The predicted octanol–water partition coefficient (Wildman–Crippen LogP) is 4.20. The average molecular weight is 197 g/mol. The second-order valence-electron chi connectivity index (χ2n) is 3.93. The highest BCUT2D eigenvalue weighted by molar-refractivity contribution is 4.78. The Kier molecular flexibility index (Phi) is 10.3. The monoisotopic (exact) mass is 197 g/mol. The van der Waals surface area contributed by atoms with Crippen LogP contribution in [-0.2, 0) is 0 Å². The number of allylic oxidation sites excluding steroid dienone is 1. The molecular weight excluding hydrogens is 170 g/mol. The molecule has 84 valence electrons. The van der Waals surface area contributed by atoms with E-state index in [0.29, 0.717) is 0 Å². The minimum Gasteiger partial charge on any atom is -0.378 e. The van der Waals surface area contributed by atoms with Gasteiger partial charge in [-0.1, -0.05) is 45.6 Å². The van der Waals surface area contributed by atoms with Crippen molar-refractivity contribution in [1.29, 1.82) is 0 Å². The van der Waals surface area contributed by atoms with E-state index in [9.17, 15) is 0 Å². The topological polar surface area (TPSA) is 3.24 Å². The third kappa shape index (κ3) is 8.15. The lowest BCUT2D eigenvalue weighted by atomic mass is 10.2. The van der Waals surface area contributed by atoms with Crippen LogP contribution in [0.1, 0.15) is 59.3 Å². The molecule has 0 saturated heterocycles. The fraction of sp³-hybridized carbons (Fsp3) is 0.846. The maximum absolute atomic E-state index is 2.46. The second-order valence-corrected chi connectivity index (χ2v) is 3.93. The third-order valence-electron chi connectivity index (χ3n) is 2.46. The molecule has 1 nitrogen and oxygen atoms in total. The third-order valence-corrected chi connectivity index (χ3v) is 2.46. The van der Waals surface area contributed by atoms with Crippen molar-refractivity contribution in [3.05, 3.63) is 12.3 Å². The first-order valence-corrected chi connectivity index (χ1v) is 6.22. The molecule has 0 rings (SSSR count). The Labute approximate surface area is 90.2 Å². The molecule has 0 amide bonds. The summed E-state index contributed by atoms with van der Waals surface area (Å²) in [4.78, 5) is 2.46. The molecule has 0 aromatic rings. The molecule has 14 heavy (non-hydrogen) atoms. The zero-order valence-corrected chi connectivity index (χ0v) is 10.3. The highest BCUT2D eigenvalue weighted by atomic mass is 15.1. The summed E-state index contributed by atoms with van der Waals surface area (Å²) in [5.74, 6) is 0. The van der Waals surface area contributed by atoms with Crippen molar-refractivity contribution in [3.8, 4) is 0 Å². The number of hydrogen-bond acceptors (Lipinski definition) is 1. The molecule has 0 heterocycles. The zero-order chi connectivity index (χ0) is 10.6. The molecule has 0 unspecified atom stereocenters. The highest BCUT2D eigenvalue weighted by Gasteiger charge is 1.97. The van der Waals surface area contributed by atoms with Crippen LogP contribution in [0.2, 0.25) is 0 Å². The molecule has 0 aliphatic carbocycles. The van der Waals surface area contributed by atoms with E-state index in [-0.39, 0.29) is 0 Å². The normalized spacial score (nSPS) is 11.1. The maximum Gasteiger partial charge on any atom is 0.0172 e. The van der Waals surface area contributed by atoms with Crippen molar-refractivity contribution >= 4 is 0 Å². The van der Waals surface area contributed by atoms with Gasteiger partial charge in [-0.25, -0.2) is 0 Å². The van der Waals surface area contributed by atoms with Crippen LogP contribution in [0.15, 0.2) is 12.3 Å². The summed E-state index contributed by atoms with van der Waals surface area (Å²) in [6.07, 6.45) is 12.4. The van der Waals surface area contributed by atoms with Crippen molar-refractivity contribution in [1.82, 2.24) is 4.90 Å². The van der Waals surface area contributed by atoms with Crippen molar-refractivity contribution in [2.45, 2.75) is 59.3 Å². The quantitative estimate of drug-likeness (QED) is 0.501. The molecule has 1 heteroatoms. The lowest BCUT2D eigenvalue weighted by molar-refractivity contribution is 0.353. The van der Waals surface area contributed by atoms with Gasteiger partial charge in [0.15, 0.2) is 0 Å². The molecule has 0 aromatic heterocycles. The summed E-state index contributed by atoms with van der Waals surface area (Å²) < 4.78 is 0. The SMILES string of the molecule is C/C=C\N(CCCCC)CCCCC. The minimum absolute atomic E-state index is 1.24. The van der Waals surface area contributed by atoms with Crippen LogP contribution in [-0.4, -0.2) is 18.0 Å². The summed E-state index contributed by atoms with van der Waals surface area (Å²) in [6.45, 7) is 9.10. The van der Waals surface area contributed by atoms with Gasteiger partial charge in [-0.15, -0.1) is 0 Å². The minimum atomic E-state index is 1.24. The van der Waals surface area contributed by atoms with Gasteiger partial charge in [-0.3, -0.25) is 0 Å². The van der Waals surface area contributed by atoms with Crippen LogP contribution in [0, 0.1) is 0 Å². The first-order valence-electron chi connectivity index (χ1n) is 6.22. The Morgan fingerprint density at radius 1 is 0.857 bits per heavy atom. The van der Waals surface area contributed by atoms with Gasteiger partial charge in [0.25, 0.3) is 0 Å². The van der Waals surface area contributed by atoms with Gasteiger partial charge >= 0.3 is 0 Å². The second kappa shape index (κ2) is 10.6. The van der Waals surface area contributed by atoms with E-state index in [2.05, 4.69) is 37.9 Å². The van der Waals surface area contributed by atoms with E-state index in [1.54, 1.807) is 0 Å². The highest BCUT2D eigenvalue weighted by Crippen LogP contribution is 2.03. The molecule has 0 saturated carbocycles. The standard InChI is InChI=1S/C13H27N/c1-4-7-9-12-14(11-6-3)13-10-8-5-2/h6,11H,4-5,7-10,12-13H2,1-3H3/b11-6-. The molecule has 0 bridgehead atoms. The van der Waals surface area contributed by atoms with Crippen molar-refractivity contribution in [2.24, 2.45) is 0 Å². The van der Waals surface area contributed by atoms with Gasteiger partial charge in [0.2, 0.25) is 0 Å². The van der Waals surface area contributed by atoms with Crippen molar-refractivity contribution < 1.29 is 0 Å². The van der Waals surface area contributed by atoms with E-state index < -0.39 is 0 Å². The number of rotatable bonds is 9. The first-order chi connectivity index (χ1) is 6.85. The Morgan fingerprint density at radius 3 is 1.71 bits per heavy atom. The molecule has 0 fully saturated rings. The number of nitrogens with zero attached hydrogens (tertiary/aromatic N) is 1. The molecule has 0 aliphatic rings. The molecule has 0 radical (unpaired) electrons. The summed E-state index contributed by atoms with van der Waals surface area (Å²) in [5.41, 5.74) is 0. The Hall–Kier alpha value is -0.460. The molecule has 0 aromatic carbocycles. The van der Waals surface area contributed by atoms with Gasteiger partial charge in [-0.05, 0) is 26.0 Å². The molecule has 0 spiro atoms. The van der Waals surface area contributed by atoms with Gasteiger partial charge in [0.1, 0.15) is 0 Å². The lowest BCUT2D eigenvalue weighted by Gasteiger charge is -2.19. The Balaban J connectivity index is 3.55. The number of hydrogen-bond donors (Lipinski definition) is 0. The smallest absolute Gasteiger partial charge is 0.0172 e. The molecule has 0 atom stereocenters. The van der Waals surface area contributed by atoms with Crippen LogP contribution in [0.4, 0.5) is 0 Å². The average Bonchev–Trinajstić information content (AvgIpc) is 2.18. The molecule has 0 N–H and O–H groups in total. The Bertz CT molecular complexity index is 119. The largest absolute Gasteiger partial charge is 0.378 e. The fourth-order valence-corrected chi connectivity index (χ4v) is 1.60. The first kappa shape index (κ1) is 13.5. The summed E-state index contributed by atoms with van der Waals surface area (Å²) in [7, 11) is 0. The van der Waals surface area contributed by atoms with Crippen LogP contribution >= 0.6 is 0 Å². The fourth-order valence-electron chi connectivity index (χ4n) is 1.60. The van der Waals surface area contributed by atoms with E-state index in [4.69, 9.17) is 0 Å². The predicted molar refractivity (Wildman–Crippen MR) is 65.4 cm³/mol. The van der Waals surface area contributed by atoms with Crippen molar-refractivity contribution in [2.75, 3.05) is 13.1 Å². The van der Waals surface area contributed by atoms with E-state index in [1.807, 2.05) is 0 Å². The van der Waals surface area contributed by atoms with E-state index >= 15 is 0 Å². The summed E-state index contributed by atoms with van der Waals surface area (Å²) >= 11 is 0. The zero-order valence-electron chi connectivity index (χ0n) is 10.3. The van der Waals surface area contributed by atoms with Gasteiger partial charge < -0.3 is 4.90 Å². The summed E-state index contributed by atoms with van der Waals surface area (Å²) in [5, 5.41) is 0. The summed E-state index contributed by atoms with van der Waals surface area (Å²) in [6, 6.07) is 0. The maximum atomic E-state index is 2.46.